The van der Waals surface area contributed by atoms with Gasteiger partial charge in [0.05, 0.1) is 16.7 Å². The Labute approximate surface area is 115 Å². The molecule has 0 spiro atoms. The molecule has 1 amide bonds. The molecule has 1 aromatic carbocycles. The minimum Gasteiger partial charge on any atom is -0.396 e. The highest BCUT2D eigenvalue weighted by atomic mass is 35.5. The molecule has 4 nitrogen and oxygen atoms in total. The molecule has 0 aliphatic heterocycles. The zero-order chi connectivity index (χ0) is 14.0. The van der Waals surface area contributed by atoms with Crippen LogP contribution >= 0.6 is 11.6 Å². The highest BCUT2D eigenvalue weighted by Gasteiger charge is 2.33. The molecular formula is C13H15ClFNO3. The molecule has 0 aromatic heterocycles. The van der Waals surface area contributed by atoms with Crippen molar-refractivity contribution in [1.29, 1.82) is 0 Å². The average Bonchev–Trinajstić information content (AvgIpc) is 2.69. The number of benzene rings is 1. The Kier molecular flexibility index (Phi) is 4.39. The van der Waals surface area contributed by atoms with Gasteiger partial charge in [0, 0.05) is 18.6 Å². The summed E-state index contributed by atoms with van der Waals surface area (Å²) in [6.07, 6.45) is 0.303. The van der Waals surface area contributed by atoms with Crippen LogP contribution in [0.15, 0.2) is 18.2 Å². The van der Waals surface area contributed by atoms with Gasteiger partial charge in [-0.25, -0.2) is 4.39 Å². The number of hydrogen-bond acceptors (Lipinski definition) is 3. The van der Waals surface area contributed by atoms with Crippen molar-refractivity contribution < 1.29 is 19.4 Å². The lowest BCUT2D eigenvalue weighted by Crippen LogP contribution is -2.33. The van der Waals surface area contributed by atoms with Crippen LogP contribution in [0.1, 0.15) is 23.2 Å². The second-order valence-electron chi connectivity index (χ2n) is 4.78. The first-order chi connectivity index (χ1) is 9.01. The number of aliphatic hydroxyl groups is 2. The zero-order valence-electron chi connectivity index (χ0n) is 10.1. The molecule has 1 saturated carbocycles. The van der Waals surface area contributed by atoms with Gasteiger partial charge >= 0.3 is 0 Å². The van der Waals surface area contributed by atoms with E-state index in [1.54, 1.807) is 0 Å². The fourth-order valence-electron chi connectivity index (χ4n) is 2.35. The van der Waals surface area contributed by atoms with Crippen molar-refractivity contribution in [2.75, 3.05) is 6.61 Å². The quantitative estimate of drug-likeness (QED) is 0.786. The van der Waals surface area contributed by atoms with E-state index in [1.807, 2.05) is 0 Å². The van der Waals surface area contributed by atoms with Crippen LogP contribution in [0, 0.1) is 11.7 Å². The first-order valence-corrected chi connectivity index (χ1v) is 6.44. The van der Waals surface area contributed by atoms with Gasteiger partial charge in [-0.15, -0.1) is 0 Å². The molecule has 19 heavy (non-hydrogen) atoms. The van der Waals surface area contributed by atoms with Crippen molar-refractivity contribution in [3.8, 4) is 0 Å². The van der Waals surface area contributed by atoms with Gasteiger partial charge in [-0.05, 0) is 31.0 Å². The van der Waals surface area contributed by atoms with Crippen molar-refractivity contribution in [2.45, 2.75) is 25.0 Å². The van der Waals surface area contributed by atoms with E-state index in [-0.39, 0.29) is 29.2 Å². The third kappa shape index (κ3) is 3.23. The molecule has 0 heterocycles. The molecule has 0 radical (unpaired) electrons. The number of halogens is 2. The number of amides is 1. The first kappa shape index (κ1) is 14.2. The van der Waals surface area contributed by atoms with Gasteiger partial charge in [-0.2, -0.15) is 0 Å². The Morgan fingerprint density at radius 1 is 1.47 bits per heavy atom. The minimum absolute atomic E-state index is 0.0507. The van der Waals surface area contributed by atoms with E-state index >= 15 is 0 Å². The van der Waals surface area contributed by atoms with Gasteiger partial charge in [0.25, 0.3) is 5.91 Å². The molecule has 1 aromatic rings. The molecule has 1 aliphatic rings. The fourth-order valence-corrected chi connectivity index (χ4v) is 2.61. The van der Waals surface area contributed by atoms with Crippen molar-refractivity contribution >= 4 is 17.5 Å². The lowest BCUT2D eigenvalue weighted by molar-refractivity contribution is 0.0903. The Hall–Kier alpha value is -1.17. The van der Waals surface area contributed by atoms with Gasteiger partial charge in [0.1, 0.15) is 5.82 Å². The summed E-state index contributed by atoms with van der Waals surface area (Å²) >= 11 is 5.80. The molecule has 6 heteroatoms. The third-order valence-electron chi connectivity index (χ3n) is 3.40. The maximum absolute atomic E-state index is 12.9. The van der Waals surface area contributed by atoms with Crippen molar-refractivity contribution in [3.05, 3.63) is 34.6 Å². The van der Waals surface area contributed by atoms with Crippen molar-refractivity contribution in [2.24, 2.45) is 5.92 Å². The van der Waals surface area contributed by atoms with E-state index in [1.165, 1.54) is 12.1 Å². The molecule has 2 rings (SSSR count). The van der Waals surface area contributed by atoms with Crippen LogP contribution in [0.4, 0.5) is 4.39 Å². The zero-order valence-corrected chi connectivity index (χ0v) is 10.9. The Morgan fingerprint density at radius 3 is 2.79 bits per heavy atom. The highest BCUT2D eigenvalue weighted by Crippen LogP contribution is 2.26. The fraction of sp³-hybridized carbons (Fsp3) is 0.462. The Balaban J connectivity index is 2.02. The lowest BCUT2D eigenvalue weighted by atomic mass is 10.1. The molecule has 104 valence electrons. The van der Waals surface area contributed by atoms with Crippen LogP contribution in [0.3, 0.4) is 0 Å². The third-order valence-corrected chi connectivity index (χ3v) is 3.72. The van der Waals surface area contributed by atoms with Crippen LogP contribution in [0.25, 0.3) is 0 Å². The summed E-state index contributed by atoms with van der Waals surface area (Å²) in [5.41, 5.74) is 0.199. The second-order valence-corrected chi connectivity index (χ2v) is 5.18. The number of carbonyl (C=O) groups is 1. The Bertz CT molecular complexity index is 483. The molecule has 1 fully saturated rings. The van der Waals surface area contributed by atoms with E-state index in [9.17, 15) is 14.3 Å². The van der Waals surface area contributed by atoms with Gasteiger partial charge in [0.15, 0.2) is 0 Å². The first-order valence-electron chi connectivity index (χ1n) is 6.06. The maximum Gasteiger partial charge on any atom is 0.253 e. The molecule has 1 aliphatic carbocycles. The van der Waals surface area contributed by atoms with Crippen LogP contribution in [-0.2, 0) is 0 Å². The van der Waals surface area contributed by atoms with E-state index < -0.39 is 17.8 Å². The smallest absolute Gasteiger partial charge is 0.253 e. The highest BCUT2D eigenvalue weighted by molar-refractivity contribution is 6.33. The molecule has 0 bridgehead atoms. The number of aliphatic hydroxyl groups excluding tert-OH is 2. The van der Waals surface area contributed by atoms with Crippen LogP contribution < -0.4 is 5.32 Å². The standard InChI is InChI=1S/C13H15ClFNO3/c14-11-4-8(15)1-2-10(11)13(19)16-9-3-7(6-17)12(18)5-9/h1-2,4,7,9,12,17-18H,3,5-6H2,(H,16,19). The van der Waals surface area contributed by atoms with Crippen LogP contribution in [0.2, 0.25) is 5.02 Å². The van der Waals surface area contributed by atoms with Gasteiger partial charge < -0.3 is 15.5 Å². The number of nitrogens with one attached hydrogen (secondary N) is 1. The summed E-state index contributed by atoms with van der Waals surface area (Å²) in [5.74, 6) is -1.12. The van der Waals surface area contributed by atoms with Crippen LogP contribution in [-0.4, -0.2) is 34.9 Å². The predicted molar refractivity (Wildman–Crippen MR) is 68.5 cm³/mol. The van der Waals surface area contributed by atoms with Gasteiger partial charge in [-0.3, -0.25) is 4.79 Å². The SMILES string of the molecule is O=C(NC1CC(O)C(CO)C1)c1ccc(F)cc1Cl. The largest absolute Gasteiger partial charge is 0.396 e. The van der Waals surface area contributed by atoms with Crippen molar-refractivity contribution in [3.63, 3.8) is 0 Å². The molecule has 3 N–H and O–H groups in total. The summed E-state index contributed by atoms with van der Waals surface area (Å²) in [7, 11) is 0. The van der Waals surface area contributed by atoms with E-state index in [2.05, 4.69) is 5.32 Å². The minimum atomic E-state index is -0.612. The molecular weight excluding hydrogens is 273 g/mol. The predicted octanol–water partition coefficient (Wildman–Crippen LogP) is 1.34. The van der Waals surface area contributed by atoms with Crippen molar-refractivity contribution in [1.82, 2.24) is 5.32 Å². The second kappa shape index (κ2) is 5.86. The molecule has 0 saturated heterocycles. The number of carbonyl (C=O) groups excluding carboxylic acids is 1. The summed E-state index contributed by atoms with van der Waals surface area (Å²) in [4.78, 5) is 12.0. The topological polar surface area (TPSA) is 69.6 Å². The van der Waals surface area contributed by atoms with Gasteiger partial charge in [-0.1, -0.05) is 11.6 Å². The van der Waals surface area contributed by atoms with E-state index in [0.29, 0.717) is 12.8 Å². The number of rotatable bonds is 3. The maximum atomic E-state index is 12.9. The summed E-state index contributed by atoms with van der Waals surface area (Å²) in [5, 5.41) is 21.5. The van der Waals surface area contributed by atoms with Crippen LogP contribution in [0.5, 0.6) is 0 Å². The van der Waals surface area contributed by atoms with Gasteiger partial charge in [0.2, 0.25) is 0 Å². The lowest BCUT2D eigenvalue weighted by Gasteiger charge is -2.13. The van der Waals surface area contributed by atoms with E-state index in [0.717, 1.165) is 6.07 Å². The number of hydrogen-bond donors (Lipinski definition) is 3. The normalized spacial score (nSPS) is 26.4. The summed E-state index contributed by atoms with van der Waals surface area (Å²) in [6.45, 7) is -0.106. The Morgan fingerprint density at radius 2 is 2.21 bits per heavy atom. The summed E-state index contributed by atoms with van der Waals surface area (Å²) in [6, 6.07) is 3.36. The van der Waals surface area contributed by atoms with E-state index in [4.69, 9.17) is 16.7 Å². The molecule has 3 unspecified atom stereocenters. The summed E-state index contributed by atoms with van der Waals surface area (Å²) < 4.78 is 12.9. The monoisotopic (exact) mass is 287 g/mol. The molecule has 3 atom stereocenters. The average molecular weight is 288 g/mol.